The van der Waals surface area contributed by atoms with Crippen LogP contribution < -0.4 is 11.1 Å². The molecule has 2 aromatic rings. The van der Waals surface area contributed by atoms with Crippen molar-refractivity contribution < 1.29 is 9.59 Å². The van der Waals surface area contributed by atoms with Gasteiger partial charge in [0, 0.05) is 24.6 Å². The van der Waals surface area contributed by atoms with Gasteiger partial charge in [0.15, 0.2) is 0 Å². The van der Waals surface area contributed by atoms with Gasteiger partial charge in [-0.25, -0.2) is 0 Å². The molecule has 0 saturated heterocycles. The van der Waals surface area contributed by atoms with Crippen LogP contribution >= 0.6 is 0 Å². The number of hydrogen-bond donors (Lipinski definition) is 2. The summed E-state index contributed by atoms with van der Waals surface area (Å²) in [5.74, 6) is 0.644. The van der Waals surface area contributed by atoms with E-state index in [2.05, 4.69) is 22.3 Å². The third-order valence-corrected chi connectivity index (χ3v) is 5.80. The van der Waals surface area contributed by atoms with Gasteiger partial charge in [-0.05, 0) is 68.5 Å². The summed E-state index contributed by atoms with van der Waals surface area (Å²) < 4.78 is 0. The highest BCUT2D eigenvalue weighted by Crippen LogP contribution is 2.44. The Kier molecular flexibility index (Phi) is 7.04. The number of carbonyl (C=O) groups excluding carboxylic acids is 2. The lowest BCUT2D eigenvalue weighted by atomic mass is 9.90. The van der Waals surface area contributed by atoms with Crippen molar-refractivity contribution in [3.05, 3.63) is 71.3 Å². The normalized spacial score (nSPS) is 15.7. The van der Waals surface area contributed by atoms with E-state index in [1.54, 1.807) is 12.1 Å². The van der Waals surface area contributed by atoms with Gasteiger partial charge in [-0.3, -0.25) is 9.59 Å². The van der Waals surface area contributed by atoms with Gasteiger partial charge in [0.05, 0.1) is 0 Å². The van der Waals surface area contributed by atoms with Crippen molar-refractivity contribution in [1.29, 1.82) is 0 Å². The van der Waals surface area contributed by atoms with Crippen molar-refractivity contribution in [2.24, 2.45) is 11.7 Å². The number of benzene rings is 2. The fraction of sp³-hybridized carbons (Fsp3) is 0.417. The van der Waals surface area contributed by atoms with Crippen molar-refractivity contribution in [2.75, 3.05) is 20.6 Å². The third-order valence-electron chi connectivity index (χ3n) is 5.80. The first kappa shape index (κ1) is 21.1. The maximum absolute atomic E-state index is 12.7. The van der Waals surface area contributed by atoms with Crippen LogP contribution in [0.4, 0.5) is 0 Å². The zero-order valence-corrected chi connectivity index (χ0v) is 17.3. The molecular formula is C24H31N3O2. The van der Waals surface area contributed by atoms with E-state index in [0.717, 1.165) is 12.0 Å². The number of nitrogens with one attached hydrogen (secondary N) is 1. The minimum atomic E-state index is -0.420. The lowest BCUT2D eigenvalue weighted by Crippen LogP contribution is -2.42. The first-order chi connectivity index (χ1) is 13.9. The lowest BCUT2D eigenvalue weighted by molar-refractivity contribution is -0.121. The highest BCUT2D eigenvalue weighted by atomic mass is 16.1. The Balaban J connectivity index is 1.55. The molecule has 154 valence electrons. The quantitative estimate of drug-likeness (QED) is 0.652. The van der Waals surface area contributed by atoms with E-state index in [0.29, 0.717) is 30.4 Å². The van der Waals surface area contributed by atoms with E-state index in [9.17, 15) is 9.59 Å². The van der Waals surface area contributed by atoms with E-state index in [-0.39, 0.29) is 11.9 Å². The van der Waals surface area contributed by atoms with Crippen molar-refractivity contribution in [3.63, 3.8) is 0 Å². The summed E-state index contributed by atoms with van der Waals surface area (Å²) >= 11 is 0. The number of carbonyl (C=O) groups is 2. The van der Waals surface area contributed by atoms with Gasteiger partial charge in [-0.1, -0.05) is 42.5 Å². The molecule has 0 aromatic heterocycles. The molecule has 0 radical (unpaired) electrons. The Hall–Kier alpha value is -2.66. The van der Waals surface area contributed by atoms with Gasteiger partial charge in [-0.2, -0.15) is 0 Å². The molecule has 3 rings (SSSR count). The monoisotopic (exact) mass is 393 g/mol. The number of nitrogens with two attached hydrogens (primary N) is 1. The molecule has 29 heavy (non-hydrogen) atoms. The zero-order chi connectivity index (χ0) is 20.8. The summed E-state index contributed by atoms with van der Waals surface area (Å²) in [6.45, 7) is 0.593. The van der Waals surface area contributed by atoms with E-state index in [4.69, 9.17) is 5.73 Å². The largest absolute Gasteiger partial charge is 0.366 e. The van der Waals surface area contributed by atoms with Gasteiger partial charge in [-0.15, -0.1) is 0 Å². The average molecular weight is 394 g/mol. The molecule has 1 saturated carbocycles. The summed E-state index contributed by atoms with van der Waals surface area (Å²) in [5.41, 5.74) is 8.20. The van der Waals surface area contributed by atoms with E-state index < -0.39 is 5.91 Å². The van der Waals surface area contributed by atoms with Gasteiger partial charge in [0.25, 0.3) is 0 Å². The zero-order valence-electron chi connectivity index (χ0n) is 17.3. The van der Waals surface area contributed by atoms with Crippen molar-refractivity contribution >= 4 is 11.8 Å². The van der Waals surface area contributed by atoms with Crippen molar-refractivity contribution in [2.45, 2.75) is 37.6 Å². The minimum Gasteiger partial charge on any atom is -0.366 e. The van der Waals surface area contributed by atoms with Crippen LogP contribution in [0.15, 0.2) is 54.6 Å². The van der Waals surface area contributed by atoms with Crippen LogP contribution in [-0.2, 0) is 11.2 Å². The molecule has 1 aliphatic carbocycles. The molecule has 3 N–H and O–H groups in total. The summed E-state index contributed by atoms with van der Waals surface area (Å²) in [4.78, 5) is 26.0. The van der Waals surface area contributed by atoms with Crippen LogP contribution in [0.5, 0.6) is 0 Å². The predicted octanol–water partition coefficient (Wildman–Crippen LogP) is 2.96. The average Bonchev–Trinajstić information content (AvgIpc) is 3.55. The van der Waals surface area contributed by atoms with Gasteiger partial charge >= 0.3 is 0 Å². The molecule has 5 nitrogen and oxygen atoms in total. The second-order valence-electron chi connectivity index (χ2n) is 8.25. The fourth-order valence-corrected chi connectivity index (χ4v) is 3.77. The maximum Gasteiger partial charge on any atom is 0.248 e. The summed E-state index contributed by atoms with van der Waals surface area (Å²) in [5, 5.41) is 3.14. The predicted molar refractivity (Wildman–Crippen MR) is 116 cm³/mol. The molecule has 2 atom stereocenters. The smallest absolute Gasteiger partial charge is 0.248 e. The summed E-state index contributed by atoms with van der Waals surface area (Å²) in [6, 6.07) is 17.9. The Labute approximate surface area is 173 Å². The number of rotatable bonds is 10. The number of nitrogens with zero attached hydrogens (tertiary/aromatic N) is 1. The summed E-state index contributed by atoms with van der Waals surface area (Å²) in [7, 11) is 4.04. The second kappa shape index (κ2) is 9.70. The summed E-state index contributed by atoms with van der Waals surface area (Å²) in [6.07, 6.45) is 3.77. The molecule has 2 aromatic carbocycles. The van der Waals surface area contributed by atoms with Crippen LogP contribution in [0.25, 0.3) is 0 Å². The number of likely N-dealkylation sites (N-methyl/N-ethyl adjacent to an activating group) is 1. The van der Waals surface area contributed by atoms with Crippen LogP contribution in [-0.4, -0.2) is 43.4 Å². The Morgan fingerprint density at radius 3 is 2.28 bits per heavy atom. The van der Waals surface area contributed by atoms with Gasteiger partial charge in [0.2, 0.25) is 11.8 Å². The van der Waals surface area contributed by atoms with Gasteiger partial charge < -0.3 is 16.0 Å². The molecule has 0 heterocycles. The highest BCUT2D eigenvalue weighted by molar-refractivity contribution is 5.92. The molecule has 2 amide bonds. The fourth-order valence-electron chi connectivity index (χ4n) is 3.77. The standard InChI is InChI=1S/C24H31N3O2/c1-27(2)21(14-17-8-10-20(11-9-17)24(25)29)16-26-23(28)15-22(19-12-13-19)18-6-4-3-5-7-18/h3-11,19,21-22H,12-16H2,1-2H3,(H2,25,29)(H,26,28)/t21-,22+/m0/s1. The van der Waals surface area contributed by atoms with Gasteiger partial charge in [0.1, 0.15) is 0 Å². The first-order valence-electron chi connectivity index (χ1n) is 10.3. The first-order valence-corrected chi connectivity index (χ1v) is 10.3. The van der Waals surface area contributed by atoms with Crippen LogP contribution in [0.3, 0.4) is 0 Å². The number of hydrogen-bond acceptors (Lipinski definition) is 3. The molecular weight excluding hydrogens is 362 g/mol. The highest BCUT2D eigenvalue weighted by Gasteiger charge is 2.33. The number of amides is 2. The molecule has 0 aliphatic heterocycles. The van der Waals surface area contributed by atoms with E-state index >= 15 is 0 Å². The SMILES string of the molecule is CN(C)[C@H](CNC(=O)C[C@H](c1ccccc1)C1CC1)Cc1ccc(C(N)=O)cc1. The molecule has 0 bridgehead atoms. The Morgan fingerprint density at radius 2 is 1.72 bits per heavy atom. The topological polar surface area (TPSA) is 75.4 Å². The van der Waals surface area contributed by atoms with Crippen molar-refractivity contribution in [3.8, 4) is 0 Å². The molecule has 1 fully saturated rings. The van der Waals surface area contributed by atoms with E-state index in [1.807, 2.05) is 44.4 Å². The molecule has 0 unspecified atom stereocenters. The molecule has 5 heteroatoms. The maximum atomic E-state index is 12.7. The third kappa shape index (κ3) is 6.16. The van der Waals surface area contributed by atoms with E-state index in [1.165, 1.54) is 18.4 Å². The molecule has 1 aliphatic rings. The minimum absolute atomic E-state index is 0.113. The van der Waals surface area contributed by atoms with Crippen LogP contribution in [0, 0.1) is 5.92 Å². The van der Waals surface area contributed by atoms with Crippen LogP contribution in [0.2, 0.25) is 0 Å². The Morgan fingerprint density at radius 1 is 1.07 bits per heavy atom. The second-order valence-corrected chi connectivity index (χ2v) is 8.25. The lowest BCUT2D eigenvalue weighted by Gasteiger charge is -2.25. The number of primary amides is 1. The van der Waals surface area contributed by atoms with Crippen molar-refractivity contribution in [1.82, 2.24) is 10.2 Å². The van der Waals surface area contributed by atoms with Crippen LogP contribution in [0.1, 0.15) is 46.7 Å². The molecule has 0 spiro atoms. The Bertz CT molecular complexity index is 814.